The zero-order chi connectivity index (χ0) is 15.2. The smallest absolute Gasteiger partial charge is 0.228 e. The van der Waals surface area contributed by atoms with Crippen LogP contribution in [0.2, 0.25) is 0 Å². The molecular formula is C16H25N3O2. The molecular weight excluding hydrogens is 266 g/mol. The molecule has 0 saturated carbocycles. The molecule has 2 unspecified atom stereocenters. The summed E-state index contributed by atoms with van der Waals surface area (Å²) in [5.41, 5.74) is 7.57. The quantitative estimate of drug-likeness (QED) is 0.865. The summed E-state index contributed by atoms with van der Waals surface area (Å²) in [6.45, 7) is 7.92. The third-order valence-electron chi connectivity index (χ3n) is 4.06. The van der Waals surface area contributed by atoms with Gasteiger partial charge in [0.1, 0.15) is 0 Å². The lowest BCUT2D eigenvalue weighted by Crippen LogP contribution is -2.38. The van der Waals surface area contributed by atoms with E-state index in [2.05, 4.69) is 29.3 Å². The molecule has 1 aromatic rings. The first-order chi connectivity index (χ1) is 10.1. The highest BCUT2D eigenvalue weighted by Gasteiger charge is 2.18. The maximum Gasteiger partial charge on any atom is 0.228 e. The van der Waals surface area contributed by atoms with Gasteiger partial charge in [0.25, 0.3) is 0 Å². The molecule has 21 heavy (non-hydrogen) atoms. The number of hydrogen-bond donors (Lipinski definition) is 2. The van der Waals surface area contributed by atoms with Crippen molar-refractivity contribution in [3.63, 3.8) is 0 Å². The summed E-state index contributed by atoms with van der Waals surface area (Å²) in [6.07, 6.45) is 0. The van der Waals surface area contributed by atoms with E-state index in [4.69, 9.17) is 10.5 Å². The normalized spacial score (nSPS) is 19.0. The Labute approximate surface area is 126 Å². The predicted octanol–water partition coefficient (Wildman–Crippen LogP) is 1.61. The average molecular weight is 291 g/mol. The van der Waals surface area contributed by atoms with E-state index in [0.29, 0.717) is 12.6 Å². The van der Waals surface area contributed by atoms with Crippen molar-refractivity contribution in [1.82, 2.24) is 4.90 Å². The minimum Gasteiger partial charge on any atom is -0.379 e. The number of carbonyl (C=O) groups is 1. The first-order valence-corrected chi connectivity index (χ1v) is 7.54. The van der Waals surface area contributed by atoms with Crippen LogP contribution in [0.25, 0.3) is 0 Å². The molecule has 0 spiro atoms. The van der Waals surface area contributed by atoms with Crippen molar-refractivity contribution in [1.29, 1.82) is 0 Å². The minimum absolute atomic E-state index is 0.0357. The van der Waals surface area contributed by atoms with Gasteiger partial charge in [0, 0.05) is 37.3 Å². The summed E-state index contributed by atoms with van der Waals surface area (Å²) >= 11 is 0. The van der Waals surface area contributed by atoms with Crippen LogP contribution in [0, 0.1) is 5.92 Å². The van der Waals surface area contributed by atoms with E-state index in [1.807, 2.05) is 19.1 Å². The first-order valence-electron chi connectivity index (χ1n) is 7.54. The number of benzene rings is 1. The Bertz CT molecular complexity index is 455. The molecule has 1 aliphatic rings. The van der Waals surface area contributed by atoms with E-state index >= 15 is 0 Å². The van der Waals surface area contributed by atoms with Crippen LogP contribution >= 0.6 is 0 Å². The summed E-state index contributed by atoms with van der Waals surface area (Å²) in [5, 5.41) is 2.89. The lowest BCUT2D eigenvalue weighted by atomic mass is 10.1. The zero-order valence-electron chi connectivity index (χ0n) is 12.8. The lowest BCUT2D eigenvalue weighted by molar-refractivity contribution is -0.119. The van der Waals surface area contributed by atoms with Crippen LogP contribution in [0.4, 0.5) is 5.69 Å². The van der Waals surface area contributed by atoms with Crippen LogP contribution in [-0.2, 0) is 9.53 Å². The Balaban J connectivity index is 1.96. The van der Waals surface area contributed by atoms with Crippen LogP contribution < -0.4 is 11.1 Å². The molecule has 2 rings (SSSR count). The molecule has 1 aliphatic heterocycles. The lowest BCUT2D eigenvalue weighted by Gasteiger charge is -2.32. The molecule has 1 saturated heterocycles. The Kier molecular flexibility index (Phi) is 5.73. The maximum atomic E-state index is 11.8. The molecule has 0 bridgehead atoms. The van der Waals surface area contributed by atoms with Gasteiger partial charge < -0.3 is 15.8 Å². The number of nitrogens with zero attached hydrogens (tertiary/aromatic N) is 1. The molecule has 2 atom stereocenters. The van der Waals surface area contributed by atoms with Gasteiger partial charge >= 0.3 is 0 Å². The van der Waals surface area contributed by atoms with Gasteiger partial charge in [-0.1, -0.05) is 19.1 Å². The second-order valence-electron chi connectivity index (χ2n) is 5.57. The number of morpholine rings is 1. The highest BCUT2D eigenvalue weighted by Crippen LogP contribution is 2.22. The molecule has 116 valence electrons. The Morgan fingerprint density at radius 2 is 1.90 bits per heavy atom. The molecule has 1 amide bonds. The topological polar surface area (TPSA) is 67.6 Å². The minimum atomic E-state index is -0.169. The average Bonchev–Trinajstić information content (AvgIpc) is 2.55. The Morgan fingerprint density at radius 3 is 2.48 bits per heavy atom. The van der Waals surface area contributed by atoms with Crippen LogP contribution in [0.15, 0.2) is 24.3 Å². The first kappa shape index (κ1) is 15.9. The van der Waals surface area contributed by atoms with Gasteiger partial charge in [0.2, 0.25) is 5.91 Å². The van der Waals surface area contributed by atoms with Crippen molar-refractivity contribution >= 4 is 11.6 Å². The largest absolute Gasteiger partial charge is 0.379 e. The fourth-order valence-electron chi connectivity index (χ4n) is 2.39. The monoisotopic (exact) mass is 291 g/mol. The zero-order valence-corrected chi connectivity index (χ0v) is 12.8. The van der Waals surface area contributed by atoms with Crippen LogP contribution in [0.1, 0.15) is 25.5 Å². The van der Waals surface area contributed by atoms with E-state index in [1.165, 1.54) is 5.56 Å². The van der Waals surface area contributed by atoms with Crippen molar-refractivity contribution in [3.8, 4) is 0 Å². The van der Waals surface area contributed by atoms with Gasteiger partial charge in [-0.25, -0.2) is 0 Å². The number of anilines is 1. The van der Waals surface area contributed by atoms with Gasteiger partial charge in [0.15, 0.2) is 0 Å². The second-order valence-corrected chi connectivity index (χ2v) is 5.57. The Hall–Kier alpha value is -1.43. The fraction of sp³-hybridized carbons (Fsp3) is 0.562. The van der Waals surface area contributed by atoms with Gasteiger partial charge in [-0.05, 0) is 24.6 Å². The highest BCUT2D eigenvalue weighted by molar-refractivity contribution is 5.92. The van der Waals surface area contributed by atoms with E-state index in [-0.39, 0.29) is 11.8 Å². The van der Waals surface area contributed by atoms with Crippen LogP contribution in [0.3, 0.4) is 0 Å². The number of carbonyl (C=O) groups excluding carboxylic acids is 1. The summed E-state index contributed by atoms with van der Waals surface area (Å²) < 4.78 is 5.38. The summed E-state index contributed by atoms with van der Waals surface area (Å²) in [5.74, 6) is -0.205. The number of rotatable bonds is 5. The van der Waals surface area contributed by atoms with E-state index in [9.17, 15) is 4.79 Å². The molecule has 5 nitrogen and oxygen atoms in total. The number of amides is 1. The number of ether oxygens (including phenoxy) is 1. The summed E-state index contributed by atoms with van der Waals surface area (Å²) in [6, 6.07) is 8.41. The van der Waals surface area contributed by atoms with Gasteiger partial charge in [-0.2, -0.15) is 0 Å². The SMILES string of the molecule is CC(CN)C(=O)Nc1ccc(C(C)N2CCOCC2)cc1. The molecule has 0 radical (unpaired) electrons. The number of hydrogen-bond acceptors (Lipinski definition) is 4. The predicted molar refractivity (Wildman–Crippen MR) is 84.1 cm³/mol. The van der Waals surface area contributed by atoms with Crippen molar-refractivity contribution < 1.29 is 9.53 Å². The van der Waals surface area contributed by atoms with Crippen LogP contribution in [0.5, 0.6) is 0 Å². The third kappa shape index (κ3) is 4.27. The van der Waals surface area contributed by atoms with Crippen molar-refractivity contribution in [2.45, 2.75) is 19.9 Å². The standard InChI is InChI=1S/C16H25N3O2/c1-12(11-17)16(20)18-15-5-3-14(4-6-15)13(2)19-7-9-21-10-8-19/h3-6,12-13H,7-11,17H2,1-2H3,(H,18,20). The van der Waals surface area contributed by atoms with Crippen molar-refractivity contribution in [2.24, 2.45) is 11.7 Å². The number of nitrogens with two attached hydrogens (primary N) is 1. The van der Waals surface area contributed by atoms with Crippen molar-refractivity contribution in [3.05, 3.63) is 29.8 Å². The van der Waals surface area contributed by atoms with Crippen molar-refractivity contribution in [2.75, 3.05) is 38.2 Å². The van der Waals surface area contributed by atoms with Gasteiger partial charge in [-0.3, -0.25) is 9.69 Å². The fourth-order valence-corrected chi connectivity index (χ4v) is 2.39. The molecule has 1 heterocycles. The van der Waals surface area contributed by atoms with Crippen LogP contribution in [-0.4, -0.2) is 43.7 Å². The summed E-state index contributed by atoms with van der Waals surface area (Å²) in [4.78, 5) is 14.2. The second kappa shape index (κ2) is 7.54. The molecule has 1 fully saturated rings. The van der Waals surface area contributed by atoms with E-state index in [0.717, 1.165) is 32.0 Å². The maximum absolute atomic E-state index is 11.8. The van der Waals surface area contributed by atoms with Gasteiger partial charge in [0.05, 0.1) is 13.2 Å². The van der Waals surface area contributed by atoms with E-state index in [1.54, 1.807) is 0 Å². The molecule has 3 N–H and O–H groups in total. The molecule has 0 aromatic heterocycles. The molecule has 5 heteroatoms. The number of nitrogens with one attached hydrogen (secondary N) is 1. The molecule has 0 aliphatic carbocycles. The Morgan fingerprint density at radius 1 is 1.29 bits per heavy atom. The van der Waals surface area contributed by atoms with Gasteiger partial charge in [-0.15, -0.1) is 0 Å². The van der Waals surface area contributed by atoms with E-state index < -0.39 is 0 Å². The third-order valence-corrected chi connectivity index (χ3v) is 4.06. The highest BCUT2D eigenvalue weighted by atomic mass is 16.5. The molecule has 1 aromatic carbocycles. The summed E-state index contributed by atoms with van der Waals surface area (Å²) in [7, 11) is 0.